The third-order valence-corrected chi connectivity index (χ3v) is 8.88. The van der Waals surface area contributed by atoms with E-state index < -0.39 is 27.1 Å². The van der Waals surface area contributed by atoms with Crippen molar-refractivity contribution >= 4 is 21.5 Å². The molecule has 5 rings (SSSR count). The molecule has 0 spiro atoms. The van der Waals surface area contributed by atoms with E-state index in [0.29, 0.717) is 13.1 Å². The van der Waals surface area contributed by atoms with Gasteiger partial charge in [0.05, 0.1) is 21.3 Å². The predicted molar refractivity (Wildman–Crippen MR) is 112 cm³/mol. The van der Waals surface area contributed by atoms with Crippen LogP contribution in [0.3, 0.4) is 0 Å². The molecular formula is C22H23FN4O3S. The standard InChI is InChI=1S/C22H23FN4O3S/c23-18-4-2-8-25-20(18)21(28)26-31(30)12-14-9-15(13-31)11-27(10-14)22(29)17-6-5-16-3-1-7-24-19(16)17/h1-4,7-8,14-15,17H,5-6,9-13H2. The van der Waals surface area contributed by atoms with Crippen molar-refractivity contribution in [2.45, 2.75) is 25.2 Å². The van der Waals surface area contributed by atoms with Crippen molar-refractivity contribution in [1.82, 2.24) is 14.9 Å². The monoisotopic (exact) mass is 442 g/mol. The summed E-state index contributed by atoms with van der Waals surface area (Å²) < 4.78 is 31.1. The first-order valence-electron chi connectivity index (χ1n) is 10.5. The van der Waals surface area contributed by atoms with Crippen LogP contribution in [-0.2, 0) is 20.9 Å². The fourth-order valence-corrected chi connectivity index (χ4v) is 7.86. The topological polar surface area (TPSA) is 92.6 Å². The highest BCUT2D eigenvalue weighted by molar-refractivity contribution is 7.94. The van der Waals surface area contributed by atoms with E-state index in [-0.39, 0.29) is 35.2 Å². The Morgan fingerprint density at radius 2 is 1.81 bits per heavy atom. The van der Waals surface area contributed by atoms with E-state index in [2.05, 4.69) is 14.3 Å². The zero-order chi connectivity index (χ0) is 21.6. The van der Waals surface area contributed by atoms with Crippen LogP contribution in [0.4, 0.5) is 4.39 Å². The van der Waals surface area contributed by atoms with Crippen molar-refractivity contribution < 1.29 is 18.2 Å². The number of likely N-dealkylation sites (tertiary alicyclic amines) is 1. The second kappa shape index (κ2) is 7.78. The average molecular weight is 443 g/mol. The molecule has 9 heteroatoms. The maximum Gasteiger partial charge on any atom is 0.306 e. The van der Waals surface area contributed by atoms with Crippen LogP contribution in [0.25, 0.3) is 0 Å². The fourth-order valence-electron chi connectivity index (χ4n) is 5.23. The zero-order valence-electron chi connectivity index (χ0n) is 16.9. The Kier molecular flexibility index (Phi) is 5.08. The molecule has 0 aromatic carbocycles. The smallest absolute Gasteiger partial charge is 0.306 e. The van der Waals surface area contributed by atoms with E-state index in [1.54, 1.807) is 6.20 Å². The van der Waals surface area contributed by atoms with Gasteiger partial charge in [-0.1, -0.05) is 6.07 Å². The predicted octanol–water partition coefficient (Wildman–Crippen LogP) is 2.43. The quantitative estimate of drug-likeness (QED) is 0.712. The number of amides is 2. The van der Waals surface area contributed by atoms with Crippen molar-refractivity contribution in [3.05, 3.63) is 59.4 Å². The SMILES string of the molecule is O=C(N=S1(=O)CC2CC(CN(C(=O)C3CCc4cccnc43)C2)C1)c1ncccc1F. The van der Waals surface area contributed by atoms with Gasteiger partial charge >= 0.3 is 5.91 Å². The summed E-state index contributed by atoms with van der Waals surface area (Å²) in [7, 11) is -2.81. The summed E-state index contributed by atoms with van der Waals surface area (Å²) in [5.41, 5.74) is 1.62. The number of piperidine rings is 1. The van der Waals surface area contributed by atoms with Gasteiger partial charge in [-0.25, -0.2) is 13.6 Å². The van der Waals surface area contributed by atoms with Gasteiger partial charge in [-0.05, 0) is 54.9 Å². The van der Waals surface area contributed by atoms with Crippen LogP contribution in [0, 0.1) is 17.7 Å². The van der Waals surface area contributed by atoms with Crippen LogP contribution in [0.5, 0.6) is 0 Å². The molecule has 2 saturated heterocycles. The van der Waals surface area contributed by atoms with E-state index in [1.165, 1.54) is 12.3 Å². The first kappa shape index (κ1) is 20.2. The lowest BCUT2D eigenvalue weighted by molar-refractivity contribution is -0.135. The van der Waals surface area contributed by atoms with Gasteiger partial charge in [-0.2, -0.15) is 4.36 Å². The van der Waals surface area contributed by atoms with Gasteiger partial charge in [0.1, 0.15) is 0 Å². The van der Waals surface area contributed by atoms with Gasteiger partial charge < -0.3 is 4.90 Å². The maximum absolute atomic E-state index is 13.9. The lowest BCUT2D eigenvalue weighted by Gasteiger charge is -2.42. The van der Waals surface area contributed by atoms with Gasteiger partial charge in [0.2, 0.25) is 5.91 Å². The third kappa shape index (κ3) is 3.86. The lowest BCUT2D eigenvalue weighted by atomic mass is 9.90. The number of halogens is 1. The zero-order valence-corrected chi connectivity index (χ0v) is 17.8. The Labute approximate surface area is 180 Å². The van der Waals surface area contributed by atoms with Crippen molar-refractivity contribution in [2.24, 2.45) is 16.2 Å². The number of aryl methyl sites for hydroxylation is 1. The maximum atomic E-state index is 13.9. The van der Waals surface area contributed by atoms with Crippen LogP contribution in [0.15, 0.2) is 41.0 Å². The van der Waals surface area contributed by atoms with Crippen LogP contribution in [0.2, 0.25) is 0 Å². The summed E-state index contributed by atoms with van der Waals surface area (Å²) in [5.74, 6) is -1.25. The highest BCUT2D eigenvalue weighted by atomic mass is 32.2. The molecule has 0 radical (unpaired) electrons. The molecule has 2 fully saturated rings. The van der Waals surface area contributed by atoms with Crippen molar-refractivity contribution in [2.75, 3.05) is 24.6 Å². The fraction of sp³-hybridized carbons (Fsp3) is 0.455. The Morgan fingerprint density at radius 3 is 2.55 bits per heavy atom. The summed E-state index contributed by atoms with van der Waals surface area (Å²) in [4.78, 5) is 35.7. The Balaban J connectivity index is 1.32. The van der Waals surface area contributed by atoms with Crippen molar-refractivity contribution in [1.29, 1.82) is 0 Å². The van der Waals surface area contributed by atoms with Crippen molar-refractivity contribution in [3.8, 4) is 0 Å². The molecule has 3 aliphatic rings. The third-order valence-electron chi connectivity index (χ3n) is 6.39. The number of fused-ring (bicyclic) bond motifs is 3. The van der Waals surface area contributed by atoms with Gasteiger partial charge in [0.25, 0.3) is 0 Å². The largest absolute Gasteiger partial charge is 0.341 e. The molecule has 7 nitrogen and oxygen atoms in total. The Hall–Kier alpha value is -2.68. The van der Waals surface area contributed by atoms with E-state index in [1.807, 2.05) is 17.0 Å². The number of aromatic nitrogens is 2. The molecule has 2 amide bonds. The summed E-state index contributed by atoms with van der Waals surface area (Å²) in [6, 6.07) is 6.45. The van der Waals surface area contributed by atoms with Crippen LogP contribution in [-0.4, -0.2) is 55.5 Å². The van der Waals surface area contributed by atoms with E-state index >= 15 is 0 Å². The molecule has 2 aliphatic heterocycles. The molecular weight excluding hydrogens is 419 g/mol. The number of rotatable bonds is 2. The van der Waals surface area contributed by atoms with E-state index in [4.69, 9.17) is 0 Å². The number of hydrogen-bond acceptors (Lipinski definition) is 5. The molecule has 0 N–H and O–H groups in total. The molecule has 31 heavy (non-hydrogen) atoms. The number of nitrogens with zero attached hydrogens (tertiary/aromatic N) is 4. The molecule has 1 aliphatic carbocycles. The molecule has 2 aromatic rings. The number of hydrogen-bond donors (Lipinski definition) is 0. The van der Waals surface area contributed by atoms with E-state index in [0.717, 1.165) is 36.6 Å². The lowest BCUT2D eigenvalue weighted by Crippen LogP contribution is -2.51. The second-order valence-electron chi connectivity index (χ2n) is 8.69. The summed E-state index contributed by atoms with van der Waals surface area (Å²) in [6.07, 6.45) is 5.54. The van der Waals surface area contributed by atoms with Gasteiger partial charge in [0.15, 0.2) is 11.5 Å². The molecule has 3 atom stereocenters. The highest BCUT2D eigenvalue weighted by Crippen LogP contribution is 2.36. The van der Waals surface area contributed by atoms with Gasteiger partial charge in [-0.3, -0.25) is 14.6 Å². The van der Waals surface area contributed by atoms with E-state index in [9.17, 15) is 18.2 Å². The average Bonchev–Trinajstić information content (AvgIpc) is 3.16. The Bertz CT molecular complexity index is 1160. The minimum absolute atomic E-state index is 0.0127. The molecule has 3 unspecified atom stereocenters. The molecule has 0 saturated carbocycles. The van der Waals surface area contributed by atoms with Crippen LogP contribution < -0.4 is 0 Å². The molecule has 162 valence electrons. The first-order chi connectivity index (χ1) is 14.9. The molecule has 2 bridgehead atoms. The Morgan fingerprint density at radius 1 is 1.10 bits per heavy atom. The second-order valence-corrected chi connectivity index (χ2v) is 11.1. The summed E-state index contributed by atoms with van der Waals surface area (Å²) >= 11 is 0. The number of pyridine rings is 2. The summed E-state index contributed by atoms with van der Waals surface area (Å²) in [5, 5.41) is 0. The molecule has 4 heterocycles. The summed E-state index contributed by atoms with van der Waals surface area (Å²) in [6.45, 7) is 1.01. The van der Waals surface area contributed by atoms with Gasteiger partial charge in [0, 0.05) is 37.0 Å². The van der Waals surface area contributed by atoms with Gasteiger partial charge in [-0.15, -0.1) is 0 Å². The van der Waals surface area contributed by atoms with Crippen molar-refractivity contribution in [3.63, 3.8) is 0 Å². The minimum Gasteiger partial charge on any atom is -0.341 e. The molecule has 2 aromatic heterocycles. The normalized spacial score (nSPS) is 29.3. The minimum atomic E-state index is -2.81. The van der Waals surface area contributed by atoms with Crippen LogP contribution >= 0.6 is 0 Å². The number of carbonyl (C=O) groups excluding carboxylic acids is 2. The highest BCUT2D eigenvalue weighted by Gasteiger charge is 2.41. The number of carbonyl (C=O) groups is 2. The first-order valence-corrected chi connectivity index (χ1v) is 12.4. The van der Waals surface area contributed by atoms with Crippen LogP contribution in [0.1, 0.15) is 40.5 Å².